The number of hydrogen-bond acceptors (Lipinski definition) is 6. The fraction of sp³-hybridized carbons (Fsp3) is 0.304. The zero-order chi connectivity index (χ0) is 23.4. The van der Waals surface area contributed by atoms with Crippen LogP contribution >= 0.6 is 0 Å². The minimum Gasteiger partial charge on any atom is -0.495 e. The lowest BCUT2D eigenvalue weighted by molar-refractivity contribution is 0.102. The van der Waals surface area contributed by atoms with Gasteiger partial charge in [0.05, 0.1) is 25.6 Å². The number of aromatic nitrogens is 2. The summed E-state index contributed by atoms with van der Waals surface area (Å²) in [5.41, 5.74) is 1.75. The van der Waals surface area contributed by atoms with Crippen LogP contribution in [-0.4, -0.2) is 56.1 Å². The fourth-order valence-corrected chi connectivity index (χ4v) is 5.50. The van der Waals surface area contributed by atoms with Gasteiger partial charge in [0.1, 0.15) is 22.1 Å². The highest BCUT2D eigenvalue weighted by atomic mass is 32.2. The third-order valence-corrected chi connectivity index (χ3v) is 7.49. The maximum Gasteiger partial charge on any atom is 0.273 e. The molecule has 3 aromatic rings. The number of ether oxygens (including phenoxy) is 2. The molecule has 0 atom stereocenters. The first-order valence-electron chi connectivity index (χ1n) is 10.6. The lowest BCUT2D eigenvalue weighted by Crippen LogP contribution is -2.35. The van der Waals surface area contributed by atoms with E-state index in [2.05, 4.69) is 15.5 Å². The molecule has 1 amide bonds. The van der Waals surface area contributed by atoms with Crippen LogP contribution in [0.5, 0.6) is 11.5 Å². The lowest BCUT2D eigenvalue weighted by Gasteiger charge is -2.26. The van der Waals surface area contributed by atoms with Crippen LogP contribution in [0.1, 0.15) is 29.8 Å². The molecule has 2 aromatic carbocycles. The summed E-state index contributed by atoms with van der Waals surface area (Å²) in [7, 11) is -0.746. The zero-order valence-electron chi connectivity index (χ0n) is 18.5. The molecule has 0 bridgehead atoms. The molecule has 4 rings (SSSR count). The first kappa shape index (κ1) is 22.8. The highest BCUT2D eigenvalue weighted by Gasteiger charge is 2.29. The predicted octanol–water partition coefficient (Wildman–Crippen LogP) is 3.52. The van der Waals surface area contributed by atoms with E-state index >= 15 is 0 Å². The largest absolute Gasteiger partial charge is 0.495 e. The Balaban J connectivity index is 1.61. The smallest absolute Gasteiger partial charge is 0.273 e. The van der Waals surface area contributed by atoms with Crippen LogP contribution in [0.25, 0.3) is 11.3 Å². The van der Waals surface area contributed by atoms with E-state index < -0.39 is 15.9 Å². The molecule has 2 N–H and O–H groups in total. The molecule has 0 radical (unpaired) electrons. The van der Waals surface area contributed by atoms with Crippen molar-refractivity contribution in [1.82, 2.24) is 14.5 Å². The van der Waals surface area contributed by atoms with E-state index in [1.807, 2.05) is 6.07 Å². The van der Waals surface area contributed by atoms with Gasteiger partial charge in [-0.1, -0.05) is 18.6 Å². The highest BCUT2D eigenvalue weighted by Crippen LogP contribution is 2.33. The summed E-state index contributed by atoms with van der Waals surface area (Å²) in [5.74, 6) is 0.412. The van der Waals surface area contributed by atoms with Gasteiger partial charge in [-0.3, -0.25) is 9.89 Å². The van der Waals surface area contributed by atoms with E-state index in [0.717, 1.165) is 19.3 Å². The standard InChI is InChI=1S/C23H26N4O5S/c1-31-20-9-5-4-8-17(20)24-23(28)19-15-18(25-26-19)16-10-11-21(32-2)22(14-16)33(29,30)27-12-6-3-7-13-27/h4-5,8-11,14-15H,3,6-7,12-13H2,1-2H3,(H,24,28)(H,25,26). The van der Waals surface area contributed by atoms with Crippen LogP contribution in [0, 0.1) is 0 Å². The van der Waals surface area contributed by atoms with Crippen molar-refractivity contribution in [1.29, 1.82) is 0 Å². The maximum absolute atomic E-state index is 13.3. The number of carbonyl (C=O) groups is 1. The Bertz CT molecular complexity index is 1250. The van der Waals surface area contributed by atoms with E-state index in [4.69, 9.17) is 9.47 Å². The molecule has 0 unspecified atom stereocenters. The third kappa shape index (κ3) is 4.71. The van der Waals surface area contributed by atoms with Gasteiger partial charge in [-0.25, -0.2) is 8.42 Å². The van der Waals surface area contributed by atoms with Gasteiger partial charge in [0.2, 0.25) is 10.0 Å². The van der Waals surface area contributed by atoms with Gasteiger partial charge in [-0.05, 0) is 49.2 Å². The molecule has 0 spiro atoms. The molecule has 0 aliphatic carbocycles. The Morgan fingerprint density at radius 3 is 2.45 bits per heavy atom. The highest BCUT2D eigenvalue weighted by molar-refractivity contribution is 7.89. The molecule has 0 saturated carbocycles. The first-order chi connectivity index (χ1) is 15.9. The van der Waals surface area contributed by atoms with Crippen molar-refractivity contribution in [3.63, 3.8) is 0 Å². The number of para-hydroxylation sites is 2. The number of aromatic amines is 1. The summed E-state index contributed by atoms with van der Waals surface area (Å²) in [4.78, 5) is 12.8. The molecular formula is C23H26N4O5S. The van der Waals surface area contributed by atoms with Crippen LogP contribution in [0.3, 0.4) is 0 Å². The molecular weight excluding hydrogens is 444 g/mol. The number of methoxy groups -OCH3 is 2. The van der Waals surface area contributed by atoms with E-state index in [1.165, 1.54) is 18.5 Å². The summed E-state index contributed by atoms with van der Waals surface area (Å²) in [6.07, 6.45) is 2.70. The number of sulfonamides is 1. The average Bonchev–Trinajstić information content (AvgIpc) is 3.35. The Labute approximate surface area is 192 Å². The minimum atomic E-state index is -3.72. The molecule has 9 nitrogen and oxygen atoms in total. The summed E-state index contributed by atoms with van der Waals surface area (Å²) in [6.45, 7) is 0.983. The number of piperidine rings is 1. The van der Waals surface area contributed by atoms with Crippen molar-refractivity contribution < 1.29 is 22.7 Å². The number of benzene rings is 2. The molecule has 1 aliphatic rings. The molecule has 10 heteroatoms. The van der Waals surface area contributed by atoms with Crippen LogP contribution in [0.4, 0.5) is 5.69 Å². The van der Waals surface area contributed by atoms with Crippen LogP contribution in [-0.2, 0) is 10.0 Å². The van der Waals surface area contributed by atoms with Crippen LogP contribution in [0.15, 0.2) is 53.4 Å². The summed E-state index contributed by atoms with van der Waals surface area (Å²) in [6, 6.07) is 13.5. The van der Waals surface area contributed by atoms with Crippen LogP contribution in [0.2, 0.25) is 0 Å². The van der Waals surface area contributed by atoms with Crippen molar-refractivity contribution in [2.75, 3.05) is 32.6 Å². The van der Waals surface area contributed by atoms with Crippen LogP contribution < -0.4 is 14.8 Å². The van der Waals surface area contributed by atoms with Gasteiger partial charge < -0.3 is 14.8 Å². The minimum absolute atomic E-state index is 0.0902. The molecule has 1 aliphatic heterocycles. The number of H-pyrrole nitrogens is 1. The van der Waals surface area contributed by atoms with E-state index in [-0.39, 0.29) is 16.3 Å². The molecule has 1 saturated heterocycles. The SMILES string of the molecule is COc1ccccc1NC(=O)c1cc(-c2ccc(OC)c(S(=O)(=O)N3CCCCC3)c2)n[nH]1. The van der Waals surface area contributed by atoms with Gasteiger partial charge in [0, 0.05) is 18.7 Å². The Morgan fingerprint density at radius 1 is 1.00 bits per heavy atom. The van der Waals surface area contributed by atoms with E-state index in [1.54, 1.807) is 42.5 Å². The zero-order valence-corrected chi connectivity index (χ0v) is 19.3. The molecule has 1 fully saturated rings. The summed E-state index contributed by atoms with van der Waals surface area (Å²) in [5, 5.41) is 9.72. The number of rotatable bonds is 7. The number of nitrogens with zero attached hydrogens (tertiary/aromatic N) is 2. The van der Waals surface area contributed by atoms with Crippen molar-refractivity contribution in [2.24, 2.45) is 0 Å². The van der Waals surface area contributed by atoms with Crippen molar-refractivity contribution in [3.8, 4) is 22.8 Å². The van der Waals surface area contributed by atoms with Gasteiger partial charge in [-0.15, -0.1) is 0 Å². The number of nitrogens with one attached hydrogen (secondary N) is 2. The summed E-state index contributed by atoms with van der Waals surface area (Å²) >= 11 is 0. The van der Waals surface area contributed by atoms with Crippen molar-refractivity contribution in [3.05, 3.63) is 54.2 Å². The topological polar surface area (TPSA) is 114 Å². The van der Waals surface area contributed by atoms with Gasteiger partial charge in [0.15, 0.2) is 0 Å². The Kier molecular flexibility index (Phi) is 6.66. The molecule has 174 valence electrons. The van der Waals surface area contributed by atoms with Gasteiger partial charge in [0.25, 0.3) is 5.91 Å². The average molecular weight is 471 g/mol. The lowest BCUT2D eigenvalue weighted by atomic mass is 10.1. The number of hydrogen-bond donors (Lipinski definition) is 2. The quantitative estimate of drug-likeness (QED) is 0.546. The number of anilines is 1. The maximum atomic E-state index is 13.3. The fourth-order valence-electron chi connectivity index (χ4n) is 3.81. The molecule has 2 heterocycles. The third-order valence-electron chi connectivity index (χ3n) is 5.57. The van der Waals surface area contributed by atoms with E-state index in [9.17, 15) is 13.2 Å². The van der Waals surface area contributed by atoms with Crippen molar-refractivity contribution >= 4 is 21.6 Å². The monoisotopic (exact) mass is 470 g/mol. The van der Waals surface area contributed by atoms with Gasteiger partial charge in [-0.2, -0.15) is 9.40 Å². The Morgan fingerprint density at radius 2 is 1.73 bits per heavy atom. The molecule has 33 heavy (non-hydrogen) atoms. The van der Waals surface area contributed by atoms with Gasteiger partial charge >= 0.3 is 0 Å². The second-order valence-electron chi connectivity index (χ2n) is 7.65. The number of amides is 1. The summed E-state index contributed by atoms with van der Waals surface area (Å²) < 4.78 is 38.6. The second-order valence-corrected chi connectivity index (χ2v) is 9.56. The van der Waals surface area contributed by atoms with Crippen molar-refractivity contribution in [2.45, 2.75) is 24.2 Å². The first-order valence-corrected chi connectivity index (χ1v) is 12.1. The predicted molar refractivity (Wildman–Crippen MR) is 124 cm³/mol. The molecule has 1 aromatic heterocycles. The van der Waals surface area contributed by atoms with E-state index in [0.29, 0.717) is 35.8 Å². The normalized spacial score (nSPS) is 14.6. The Hall–Kier alpha value is -3.37. The number of carbonyl (C=O) groups excluding carboxylic acids is 1. The second kappa shape index (κ2) is 9.63.